The Kier molecular flexibility index (Phi) is 20.2. The van der Waals surface area contributed by atoms with Crippen LogP contribution in [0.1, 0.15) is 162 Å². The first kappa shape index (κ1) is 30.3. The zero-order valence-corrected chi connectivity index (χ0v) is 21.7. The molecule has 182 valence electrons. The van der Waals surface area contributed by atoms with Gasteiger partial charge in [-0.1, -0.05) is 124 Å². The predicted octanol–water partition coefficient (Wildman–Crippen LogP) is 9.11. The average molecular weight is 448 g/mol. The van der Waals surface area contributed by atoms with Crippen LogP contribution in [0.15, 0.2) is 0 Å². The lowest BCUT2D eigenvalue weighted by molar-refractivity contribution is 0.247. The van der Waals surface area contributed by atoms with Crippen molar-refractivity contribution >= 4 is 7.94 Å². The maximum atomic E-state index is 10.5. The summed E-state index contributed by atoms with van der Waals surface area (Å²) in [5, 5.41) is -0.647. The van der Waals surface area contributed by atoms with Gasteiger partial charge in [0.05, 0.1) is 0 Å². The number of rotatable bonds is 23. The summed E-state index contributed by atoms with van der Waals surface area (Å²) in [6.45, 7) is 6.71. The Bertz CT molecular complexity index is 339. The summed E-state index contributed by atoms with van der Waals surface area (Å²) in [5.41, 5.74) is 0. The van der Waals surface area contributed by atoms with Crippen LogP contribution >= 0.6 is 7.94 Å². The third-order valence-corrected chi connectivity index (χ3v) is 8.82. The van der Waals surface area contributed by atoms with Crippen molar-refractivity contribution in [3.05, 3.63) is 0 Å². The number of hydrogen-bond acceptors (Lipinski definition) is 3. The molecule has 0 saturated heterocycles. The van der Waals surface area contributed by atoms with Gasteiger partial charge in [0.15, 0.2) is 5.16 Å². The molecule has 0 aliphatic heterocycles. The van der Waals surface area contributed by atoms with Crippen molar-refractivity contribution < 1.29 is 14.7 Å². The minimum absolute atomic E-state index is 0.647. The van der Waals surface area contributed by atoms with E-state index in [9.17, 15) is 14.7 Å². The van der Waals surface area contributed by atoms with Crippen LogP contribution in [0.2, 0.25) is 0 Å². The lowest BCUT2D eigenvalue weighted by Crippen LogP contribution is -2.32. The van der Waals surface area contributed by atoms with E-state index < -0.39 is 13.1 Å². The van der Waals surface area contributed by atoms with Gasteiger partial charge in [-0.25, -0.2) is 0 Å². The zero-order chi connectivity index (χ0) is 22.6. The fourth-order valence-corrected chi connectivity index (χ4v) is 6.08. The molecule has 0 aromatic heterocycles. The minimum atomic E-state index is -3.85. The second-order valence-corrected chi connectivity index (χ2v) is 11.8. The molecular weight excluding hydrogens is 391 g/mol. The van der Waals surface area contributed by atoms with E-state index in [1.807, 2.05) is 0 Å². The fourth-order valence-electron chi connectivity index (χ4n) is 4.70. The van der Waals surface area contributed by atoms with Crippen LogP contribution in [0.5, 0.6) is 0 Å². The third kappa shape index (κ3) is 15.2. The van der Waals surface area contributed by atoms with Crippen molar-refractivity contribution in [2.45, 2.75) is 167 Å². The third-order valence-electron chi connectivity index (χ3n) is 6.87. The molecule has 0 unspecified atom stereocenters. The van der Waals surface area contributed by atoms with Crippen molar-refractivity contribution in [3.8, 4) is 0 Å². The topological polar surface area (TPSA) is 60.7 Å². The first-order valence-electron chi connectivity index (χ1n) is 13.5. The van der Waals surface area contributed by atoms with Crippen LogP contribution in [0.3, 0.4) is 0 Å². The molecule has 0 fully saturated rings. The van der Waals surface area contributed by atoms with Crippen LogP contribution in [0, 0.1) is 0 Å². The molecule has 0 atom stereocenters. The molecule has 0 aromatic rings. The molecule has 0 aliphatic rings. The molecule has 30 heavy (non-hydrogen) atoms. The summed E-state index contributed by atoms with van der Waals surface area (Å²) in [5.74, 6) is 0. The summed E-state index contributed by atoms with van der Waals surface area (Å²) >= 11 is 0. The van der Waals surface area contributed by atoms with E-state index in [2.05, 4.69) is 20.8 Å². The van der Waals surface area contributed by atoms with Gasteiger partial charge >= 0.3 is 7.94 Å². The lowest BCUT2D eigenvalue weighted by atomic mass is 9.88. The Morgan fingerprint density at radius 2 is 0.633 bits per heavy atom. The Balaban J connectivity index is 4.65. The SMILES string of the molecule is CCCCCCCCCC(CCCCCCCC)(CCCCCCCC)[P+](O)(O)O. The normalized spacial score (nSPS) is 12.6. The maximum absolute atomic E-state index is 10.5. The molecular formula is C26H56O3P+. The number of unbranched alkanes of at least 4 members (excludes halogenated alkanes) is 16. The smallest absolute Gasteiger partial charge is 0.192 e. The molecule has 3 N–H and O–H groups in total. The second-order valence-electron chi connectivity index (χ2n) is 9.70. The molecule has 0 amide bonds. The van der Waals surface area contributed by atoms with E-state index in [1.54, 1.807) is 0 Å². The van der Waals surface area contributed by atoms with Crippen LogP contribution < -0.4 is 0 Å². The highest BCUT2D eigenvalue weighted by molar-refractivity contribution is 7.60. The van der Waals surface area contributed by atoms with Gasteiger partial charge in [-0.2, -0.15) is 14.7 Å². The standard InChI is InChI=1S/C26H56O3P/c1-4-7-10-13-16-19-22-25-26(30(27,28)29,23-20-17-14-11-8-5-2)24-21-18-15-12-9-6-3/h27-29H,4-25H2,1-3H3/q+1. The molecule has 0 saturated carbocycles. The van der Waals surface area contributed by atoms with Crippen molar-refractivity contribution in [2.75, 3.05) is 0 Å². The van der Waals surface area contributed by atoms with Gasteiger partial charge in [-0.3, -0.25) is 0 Å². The van der Waals surface area contributed by atoms with E-state index in [0.717, 1.165) is 57.8 Å². The van der Waals surface area contributed by atoms with Gasteiger partial charge in [0.1, 0.15) is 0 Å². The van der Waals surface area contributed by atoms with Gasteiger partial charge < -0.3 is 0 Å². The van der Waals surface area contributed by atoms with Crippen molar-refractivity contribution in [2.24, 2.45) is 0 Å². The molecule has 3 nitrogen and oxygen atoms in total. The Morgan fingerprint density at radius 3 is 0.867 bits per heavy atom. The Hall–Kier alpha value is 0.310. The molecule has 0 heterocycles. The molecule has 0 bridgehead atoms. The highest BCUT2D eigenvalue weighted by Crippen LogP contribution is 2.64. The van der Waals surface area contributed by atoms with E-state index in [4.69, 9.17) is 0 Å². The summed E-state index contributed by atoms with van der Waals surface area (Å²) < 4.78 is 0. The molecule has 0 spiro atoms. The lowest BCUT2D eigenvalue weighted by Gasteiger charge is -2.33. The van der Waals surface area contributed by atoms with Crippen LogP contribution in [0.25, 0.3) is 0 Å². The number of hydrogen-bond donors (Lipinski definition) is 3. The highest BCUT2D eigenvalue weighted by Gasteiger charge is 2.56. The van der Waals surface area contributed by atoms with Gasteiger partial charge in [0.25, 0.3) is 0 Å². The van der Waals surface area contributed by atoms with Crippen LogP contribution in [-0.2, 0) is 0 Å². The Labute approximate surface area is 190 Å². The maximum Gasteiger partial charge on any atom is 0.409 e. The quantitative estimate of drug-likeness (QED) is 0.108. The van der Waals surface area contributed by atoms with Crippen LogP contribution in [-0.4, -0.2) is 19.8 Å². The van der Waals surface area contributed by atoms with Gasteiger partial charge in [0.2, 0.25) is 0 Å². The van der Waals surface area contributed by atoms with Gasteiger partial charge in [-0.05, 0) is 38.5 Å². The minimum Gasteiger partial charge on any atom is -0.192 e. The Morgan fingerprint density at radius 1 is 0.400 bits per heavy atom. The molecule has 0 radical (unpaired) electrons. The fraction of sp³-hybridized carbons (Fsp3) is 1.00. The van der Waals surface area contributed by atoms with Crippen LogP contribution in [0.4, 0.5) is 0 Å². The molecule has 0 aliphatic carbocycles. The summed E-state index contributed by atoms with van der Waals surface area (Å²) in [4.78, 5) is 31.5. The largest absolute Gasteiger partial charge is 0.409 e. The van der Waals surface area contributed by atoms with Crippen molar-refractivity contribution in [3.63, 3.8) is 0 Å². The van der Waals surface area contributed by atoms with Crippen molar-refractivity contribution in [1.82, 2.24) is 0 Å². The second kappa shape index (κ2) is 20.0. The highest BCUT2D eigenvalue weighted by atomic mass is 31.2. The van der Waals surface area contributed by atoms with Gasteiger partial charge in [-0.15, -0.1) is 0 Å². The molecule has 0 rings (SSSR count). The van der Waals surface area contributed by atoms with E-state index in [0.29, 0.717) is 0 Å². The first-order chi connectivity index (χ1) is 14.4. The monoisotopic (exact) mass is 447 g/mol. The van der Waals surface area contributed by atoms with Crippen molar-refractivity contribution in [1.29, 1.82) is 0 Å². The summed E-state index contributed by atoms with van der Waals surface area (Å²) in [7, 11) is -3.85. The first-order valence-corrected chi connectivity index (χ1v) is 15.2. The van der Waals surface area contributed by atoms with E-state index in [-0.39, 0.29) is 0 Å². The molecule has 4 heteroatoms. The van der Waals surface area contributed by atoms with E-state index in [1.165, 1.54) is 83.5 Å². The zero-order valence-electron chi connectivity index (χ0n) is 20.8. The van der Waals surface area contributed by atoms with Gasteiger partial charge in [0, 0.05) is 0 Å². The summed E-state index contributed by atoms with van der Waals surface area (Å²) in [6, 6.07) is 0. The summed E-state index contributed by atoms with van der Waals surface area (Å²) in [6.07, 6.45) is 25.3. The molecule has 0 aromatic carbocycles. The predicted molar refractivity (Wildman–Crippen MR) is 135 cm³/mol. The average Bonchev–Trinajstić information content (AvgIpc) is 2.71. The van der Waals surface area contributed by atoms with E-state index >= 15 is 0 Å².